The second kappa shape index (κ2) is 5.02. The molecular weight excluding hydrogens is 247 g/mol. The quantitative estimate of drug-likeness (QED) is 0.892. The van der Waals surface area contributed by atoms with Crippen LogP contribution in [-0.2, 0) is 0 Å². The van der Waals surface area contributed by atoms with Gasteiger partial charge < -0.3 is 5.73 Å². The number of thioether (sulfide) groups is 1. The highest BCUT2D eigenvalue weighted by Crippen LogP contribution is 2.40. The first-order chi connectivity index (χ1) is 8.76. The van der Waals surface area contributed by atoms with Crippen molar-refractivity contribution in [1.82, 2.24) is 0 Å². The molecule has 1 aromatic carbocycles. The van der Waals surface area contributed by atoms with Crippen molar-refractivity contribution >= 4 is 16.8 Å². The van der Waals surface area contributed by atoms with Gasteiger partial charge in [-0.15, -0.1) is 11.8 Å². The number of fused-ring (bicyclic) bond motifs is 1. The van der Waals surface area contributed by atoms with Crippen LogP contribution >= 0.6 is 11.8 Å². The first kappa shape index (κ1) is 12.2. The highest BCUT2D eigenvalue weighted by atomic mass is 32.2. The van der Waals surface area contributed by atoms with Crippen molar-refractivity contribution < 1.29 is 4.39 Å². The predicted octanol–water partition coefficient (Wildman–Crippen LogP) is 2.82. The number of nitrogens with two attached hydrogens (primary N) is 1. The summed E-state index contributed by atoms with van der Waals surface area (Å²) in [6.07, 6.45) is 3.45. The lowest BCUT2D eigenvalue weighted by Crippen LogP contribution is -2.31. The van der Waals surface area contributed by atoms with Crippen LogP contribution in [0.1, 0.15) is 24.8 Å². The second-order valence-electron chi connectivity index (χ2n) is 5.08. The number of rotatable bonds is 2. The standard InChI is InChI=1S/C14H17FN2S/c15-11-3-1-2-10(7-11)14-17-12-5-4-9(8-16)6-13(12)18-14/h1-3,7,9,12-13H,4-6,8,16H2. The Balaban J connectivity index is 1.77. The fraction of sp³-hybridized carbons (Fsp3) is 0.500. The third-order valence-electron chi connectivity index (χ3n) is 3.82. The van der Waals surface area contributed by atoms with Crippen LogP contribution in [0.2, 0.25) is 0 Å². The fourth-order valence-electron chi connectivity index (χ4n) is 2.77. The Bertz CT molecular complexity index is 475. The largest absolute Gasteiger partial charge is 0.330 e. The molecule has 2 nitrogen and oxygen atoms in total. The maximum atomic E-state index is 13.2. The summed E-state index contributed by atoms with van der Waals surface area (Å²) in [6.45, 7) is 0.777. The Morgan fingerprint density at radius 2 is 2.28 bits per heavy atom. The van der Waals surface area contributed by atoms with Crippen LogP contribution in [0.15, 0.2) is 29.3 Å². The van der Waals surface area contributed by atoms with Gasteiger partial charge in [0.1, 0.15) is 5.82 Å². The third-order valence-corrected chi connectivity index (χ3v) is 5.19. The zero-order chi connectivity index (χ0) is 12.5. The first-order valence-corrected chi connectivity index (χ1v) is 7.34. The van der Waals surface area contributed by atoms with E-state index in [9.17, 15) is 4.39 Å². The van der Waals surface area contributed by atoms with Crippen LogP contribution in [-0.4, -0.2) is 22.9 Å². The Morgan fingerprint density at radius 3 is 3.06 bits per heavy atom. The van der Waals surface area contributed by atoms with Gasteiger partial charge in [-0.25, -0.2) is 4.39 Å². The molecule has 1 fully saturated rings. The van der Waals surface area contributed by atoms with Gasteiger partial charge in [0.25, 0.3) is 0 Å². The lowest BCUT2D eigenvalue weighted by molar-refractivity contribution is 0.347. The third kappa shape index (κ3) is 2.31. The summed E-state index contributed by atoms with van der Waals surface area (Å²) in [5.74, 6) is 0.450. The van der Waals surface area contributed by atoms with E-state index in [0.29, 0.717) is 17.2 Å². The van der Waals surface area contributed by atoms with E-state index in [-0.39, 0.29) is 5.82 Å². The van der Waals surface area contributed by atoms with Crippen molar-refractivity contribution in [2.24, 2.45) is 16.6 Å². The van der Waals surface area contributed by atoms with Crippen LogP contribution in [0.3, 0.4) is 0 Å². The van der Waals surface area contributed by atoms with Crippen molar-refractivity contribution in [3.05, 3.63) is 35.6 Å². The summed E-state index contributed by atoms with van der Waals surface area (Å²) < 4.78 is 13.2. The summed E-state index contributed by atoms with van der Waals surface area (Å²) in [5.41, 5.74) is 6.67. The number of halogens is 1. The molecule has 1 heterocycles. The Hall–Kier alpha value is -0.870. The summed E-state index contributed by atoms with van der Waals surface area (Å²) in [6, 6.07) is 7.14. The Labute approximate surface area is 111 Å². The van der Waals surface area contributed by atoms with Gasteiger partial charge in [-0.3, -0.25) is 4.99 Å². The van der Waals surface area contributed by atoms with Gasteiger partial charge in [-0.05, 0) is 43.9 Å². The van der Waals surface area contributed by atoms with Gasteiger partial charge in [0.15, 0.2) is 0 Å². The van der Waals surface area contributed by atoms with Gasteiger partial charge in [0, 0.05) is 10.8 Å². The molecule has 1 aromatic rings. The minimum atomic E-state index is -0.189. The molecule has 0 saturated heterocycles. The van der Waals surface area contributed by atoms with Crippen molar-refractivity contribution in [1.29, 1.82) is 0 Å². The molecule has 3 unspecified atom stereocenters. The van der Waals surface area contributed by atoms with E-state index in [2.05, 4.69) is 0 Å². The van der Waals surface area contributed by atoms with Crippen LogP contribution in [0.4, 0.5) is 4.39 Å². The second-order valence-corrected chi connectivity index (χ2v) is 6.31. The van der Waals surface area contributed by atoms with E-state index >= 15 is 0 Å². The zero-order valence-electron chi connectivity index (χ0n) is 10.2. The summed E-state index contributed by atoms with van der Waals surface area (Å²) in [7, 11) is 0. The molecule has 1 aliphatic carbocycles. The van der Waals surface area contributed by atoms with Crippen LogP contribution < -0.4 is 5.73 Å². The van der Waals surface area contributed by atoms with Crippen LogP contribution in [0, 0.1) is 11.7 Å². The monoisotopic (exact) mass is 264 g/mol. The topological polar surface area (TPSA) is 38.4 Å². The van der Waals surface area contributed by atoms with E-state index in [1.165, 1.54) is 12.5 Å². The molecule has 1 aliphatic heterocycles. The fourth-order valence-corrected chi connectivity index (χ4v) is 4.24. The van der Waals surface area contributed by atoms with Gasteiger partial charge in [0.05, 0.1) is 11.1 Å². The average Bonchev–Trinajstić information content (AvgIpc) is 2.81. The van der Waals surface area contributed by atoms with E-state index in [1.807, 2.05) is 6.07 Å². The zero-order valence-corrected chi connectivity index (χ0v) is 11.0. The van der Waals surface area contributed by atoms with Gasteiger partial charge >= 0.3 is 0 Å². The normalized spacial score (nSPS) is 31.0. The molecule has 0 bridgehead atoms. The molecule has 0 radical (unpaired) electrons. The molecular formula is C14H17FN2S. The molecule has 1 saturated carbocycles. The molecule has 2 aliphatic rings. The first-order valence-electron chi connectivity index (χ1n) is 6.46. The van der Waals surface area contributed by atoms with Crippen LogP contribution in [0.5, 0.6) is 0 Å². The Morgan fingerprint density at radius 1 is 1.39 bits per heavy atom. The van der Waals surface area contributed by atoms with E-state index in [4.69, 9.17) is 10.7 Å². The van der Waals surface area contributed by atoms with Gasteiger partial charge in [-0.2, -0.15) is 0 Å². The predicted molar refractivity (Wildman–Crippen MR) is 74.5 cm³/mol. The minimum absolute atomic E-state index is 0.189. The number of hydrogen-bond donors (Lipinski definition) is 1. The van der Waals surface area contributed by atoms with E-state index in [0.717, 1.165) is 30.0 Å². The van der Waals surface area contributed by atoms with Gasteiger partial charge in [-0.1, -0.05) is 12.1 Å². The molecule has 0 spiro atoms. The molecule has 96 valence electrons. The smallest absolute Gasteiger partial charge is 0.123 e. The van der Waals surface area contributed by atoms with Crippen molar-refractivity contribution in [3.63, 3.8) is 0 Å². The molecule has 3 atom stereocenters. The van der Waals surface area contributed by atoms with E-state index in [1.54, 1.807) is 23.9 Å². The van der Waals surface area contributed by atoms with Crippen molar-refractivity contribution in [2.75, 3.05) is 6.54 Å². The number of benzene rings is 1. The van der Waals surface area contributed by atoms with Crippen LogP contribution in [0.25, 0.3) is 0 Å². The van der Waals surface area contributed by atoms with Gasteiger partial charge in [0.2, 0.25) is 0 Å². The molecule has 4 heteroatoms. The number of hydrogen-bond acceptors (Lipinski definition) is 3. The average molecular weight is 264 g/mol. The van der Waals surface area contributed by atoms with Crippen molar-refractivity contribution in [3.8, 4) is 0 Å². The lowest BCUT2D eigenvalue weighted by atomic mass is 9.86. The summed E-state index contributed by atoms with van der Waals surface area (Å²) in [4.78, 5) is 4.76. The SMILES string of the molecule is NCC1CCC2N=C(c3cccc(F)c3)SC2C1. The molecule has 3 rings (SSSR count). The summed E-state index contributed by atoms with van der Waals surface area (Å²) >= 11 is 1.80. The highest BCUT2D eigenvalue weighted by molar-refractivity contribution is 8.15. The molecule has 18 heavy (non-hydrogen) atoms. The maximum Gasteiger partial charge on any atom is 0.123 e. The summed E-state index contributed by atoms with van der Waals surface area (Å²) in [5, 5.41) is 1.55. The molecule has 2 N–H and O–H groups in total. The Kier molecular flexibility index (Phi) is 3.39. The minimum Gasteiger partial charge on any atom is -0.330 e. The van der Waals surface area contributed by atoms with Crippen molar-refractivity contribution in [2.45, 2.75) is 30.6 Å². The molecule has 0 aromatic heterocycles. The maximum absolute atomic E-state index is 13.2. The number of aliphatic imine (C=N–C) groups is 1. The number of nitrogens with zero attached hydrogens (tertiary/aromatic N) is 1. The lowest BCUT2D eigenvalue weighted by Gasteiger charge is -2.28. The van der Waals surface area contributed by atoms with E-state index < -0.39 is 0 Å². The molecule has 0 amide bonds. The highest BCUT2D eigenvalue weighted by Gasteiger charge is 2.35.